The van der Waals surface area contributed by atoms with Gasteiger partial charge in [-0.1, -0.05) is 6.92 Å². The van der Waals surface area contributed by atoms with Gasteiger partial charge in [0.15, 0.2) is 0 Å². The molecule has 0 bridgehead atoms. The van der Waals surface area contributed by atoms with Crippen LogP contribution in [-0.4, -0.2) is 31.1 Å². The van der Waals surface area contributed by atoms with Gasteiger partial charge < -0.3 is 5.11 Å². The molecule has 0 unspecified atom stereocenters. The Bertz CT molecular complexity index is 422. The fourth-order valence-corrected chi connectivity index (χ4v) is 3.86. The van der Waals surface area contributed by atoms with E-state index in [0.717, 1.165) is 25.7 Å². The number of hydrogen-bond donors (Lipinski definition) is 3. The summed E-state index contributed by atoms with van der Waals surface area (Å²) in [4.78, 5) is 11.4. The fraction of sp³-hybridized carbons (Fsp3) is 0.909. The maximum Gasteiger partial charge on any atom is 0.324 e. The highest BCUT2D eigenvalue weighted by molar-refractivity contribution is 7.87. The molecule has 7 heteroatoms. The van der Waals surface area contributed by atoms with Crippen molar-refractivity contribution in [3.05, 3.63) is 0 Å². The van der Waals surface area contributed by atoms with Crippen molar-refractivity contribution in [2.24, 2.45) is 5.92 Å². The van der Waals surface area contributed by atoms with E-state index in [1.165, 1.54) is 0 Å². The Kier molecular flexibility index (Phi) is 3.66. The highest BCUT2D eigenvalue weighted by Gasteiger charge is 2.45. The zero-order chi connectivity index (χ0) is 13.4. The third-order valence-electron chi connectivity index (χ3n) is 3.77. The van der Waals surface area contributed by atoms with Crippen LogP contribution in [0.5, 0.6) is 0 Å². The van der Waals surface area contributed by atoms with Gasteiger partial charge in [-0.3, -0.25) is 4.79 Å². The van der Waals surface area contributed by atoms with Crippen molar-refractivity contribution in [3.63, 3.8) is 0 Å². The van der Waals surface area contributed by atoms with Gasteiger partial charge in [0.1, 0.15) is 5.54 Å². The van der Waals surface area contributed by atoms with Crippen molar-refractivity contribution in [2.75, 3.05) is 0 Å². The van der Waals surface area contributed by atoms with Crippen LogP contribution in [-0.2, 0) is 15.0 Å². The number of aliphatic carboxylic acids is 1. The van der Waals surface area contributed by atoms with E-state index in [0.29, 0.717) is 18.8 Å². The van der Waals surface area contributed by atoms with E-state index in [4.69, 9.17) is 0 Å². The average Bonchev–Trinajstić information content (AvgIpc) is 3.04. The molecule has 2 saturated carbocycles. The molecule has 0 aliphatic heterocycles. The van der Waals surface area contributed by atoms with Crippen LogP contribution in [0, 0.1) is 5.92 Å². The number of nitrogens with one attached hydrogen (secondary N) is 2. The van der Waals surface area contributed by atoms with Crippen LogP contribution in [0.3, 0.4) is 0 Å². The minimum atomic E-state index is -3.72. The summed E-state index contributed by atoms with van der Waals surface area (Å²) in [6.07, 6.45) is 3.84. The van der Waals surface area contributed by atoms with Gasteiger partial charge in [0.2, 0.25) is 0 Å². The van der Waals surface area contributed by atoms with Crippen LogP contribution >= 0.6 is 0 Å². The van der Waals surface area contributed by atoms with Gasteiger partial charge in [-0.2, -0.15) is 17.9 Å². The minimum absolute atomic E-state index is 0.0177. The first-order valence-corrected chi connectivity index (χ1v) is 7.86. The van der Waals surface area contributed by atoms with Crippen LogP contribution in [0.15, 0.2) is 0 Å². The number of carboxylic acids is 1. The van der Waals surface area contributed by atoms with Crippen molar-refractivity contribution >= 4 is 16.2 Å². The van der Waals surface area contributed by atoms with Gasteiger partial charge in [-0.15, -0.1) is 0 Å². The van der Waals surface area contributed by atoms with E-state index >= 15 is 0 Å². The largest absolute Gasteiger partial charge is 0.480 e. The summed E-state index contributed by atoms with van der Waals surface area (Å²) in [5.41, 5.74) is -1.33. The topological polar surface area (TPSA) is 95.5 Å². The van der Waals surface area contributed by atoms with Crippen molar-refractivity contribution in [1.29, 1.82) is 0 Å². The maximum atomic E-state index is 11.9. The minimum Gasteiger partial charge on any atom is -0.480 e. The first-order chi connectivity index (χ1) is 8.33. The van der Waals surface area contributed by atoms with E-state index in [2.05, 4.69) is 16.4 Å². The molecular formula is C11H20N2O4S. The van der Waals surface area contributed by atoms with Crippen LogP contribution in [0.4, 0.5) is 0 Å². The van der Waals surface area contributed by atoms with E-state index in [9.17, 15) is 18.3 Å². The summed E-state index contributed by atoms with van der Waals surface area (Å²) in [6, 6.07) is -0.0177. The van der Waals surface area contributed by atoms with Crippen LogP contribution in [0.1, 0.15) is 45.4 Å². The van der Waals surface area contributed by atoms with Crippen molar-refractivity contribution in [1.82, 2.24) is 9.44 Å². The first kappa shape index (κ1) is 13.8. The lowest BCUT2D eigenvalue weighted by Crippen LogP contribution is -2.58. The molecule has 104 valence electrons. The molecule has 0 spiro atoms. The van der Waals surface area contributed by atoms with Gasteiger partial charge in [-0.05, 0) is 44.4 Å². The number of hydrogen-bond acceptors (Lipinski definition) is 3. The molecule has 6 nitrogen and oxygen atoms in total. The molecule has 2 aliphatic rings. The Balaban J connectivity index is 2.08. The zero-order valence-electron chi connectivity index (χ0n) is 10.5. The van der Waals surface area contributed by atoms with Gasteiger partial charge >= 0.3 is 5.97 Å². The molecule has 3 N–H and O–H groups in total. The number of carbonyl (C=O) groups is 1. The fourth-order valence-electron chi connectivity index (χ4n) is 2.32. The summed E-state index contributed by atoms with van der Waals surface area (Å²) in [5, 5.41) is 9.33. The lowest BCUT2D eigenvalue weighted by atomic mass is 9.78. The predicted molar refractivity (Wildman–Crippen MR) is 66.2 cm³/mol. The number of carboxylic acid groups (broad SMARTS) is 1. The first-order valence-electron chi connectivity index (χ1n) is 6.38. The van der Waals surface area contributed by atoms with E-state index < -0.39 is 21.7 Å². The maximum absolute atomic E-state index is 11.9. The van der Waals surface area contributed by atoms with E-state index in [1.807, 2.05) is 0 Å². The normalized spacial score (nSPS) is 33.3. The highest BCUT2D eigenvalue weighted by Crippen LogP contribution is 2.33. The van der Waals surface area contributed by atoms with Crippen molar-refractivity contribution < 1.29 is 18.3 Å². The Labute approximate surface area is 107 Å². The Morgan fingerprint density at radius 2 is 1.78 bits per heavy atom. The summed E-state index contributed by atoms with van der Waals surface area (Å²) in [5.74, 6) is -0.617. The molecule has 0 aromatic rings. The summed E-state index contributed by atoms with van der Waals surface area (Å²) in [7, 11) is -3.72. The molecule has 0 amide bonds. The smallest absolute Gasteiger partial charge is 0.324 e. The second kappa shape index (κ2) is 4.79. The molecule has 0 atom stereocenters. The molecule has 2 rings (SSSR count). The molecule has 0 saturated heterocycles. The van der Waals surface area contributed by atoms with Crippen molar-refractivity contribution in [2.45, 2.75) is 57.0 Å². The SMILES string of the molecule is CC1CCC(NS(=O)(=O)NC2CC2)(C(=O)O)CC1. The van der Waals surface area contributed by atoms with Gasteiger partial charge in [0.25, 0.3) is 10.2 Å². The van der Waals surface area contributed by atoms with Gasteiger partial charge in [0, 0.05) is 6.04 Å². The van der Waals surface area contributed by atoms with Crippen LogP contribution < -0.4 is 9.44 Å². The third-order valence-corrected chi connectivity index (χ3v) is 5.07. The second-order valence-corrected chi connectivity index (χ2v) is 7.01. The van der Waals surface area contributed by atoms with Gasteiger partial charge in [-0.25, -0.2) is 0 Å². The van der Waals surface area contributed by atoms with Crippen LogP contribution in [0.2, 0.25) is 0 Å². The van der Waals surface area contributed by atoms with Crippen LogP contribution in [0.25, 0.3) is 0 Å². The second-order valence-electron chi connectivity index (χ2n) is 5.57. The molecule has 0 radical (unpaired) electrons. The molecule has 2 aliphatic carbocycles. The molecule has 0 aromatic heterocycles. The van der Waals surface area contributed by atoms with Gasteiger partial charge in [0.05, 0.1) is 0 Å². The number of rotatable bonds is 5. The average molecular weight is 276 g/mol. The highest BCUT2D eigenvalue weighted by atomic mass is 32.2. The summed E-state index contributed by atoms with van der Waals surface area (Å²) < 4.78 is 28.5. The molecule has 0 aromatic carbocycles. The molecule has 0 heterocycles. The summed E-state index contributed by atoms with van der Waals surface area (Å²) in [6.45, 7) is 2.06. The summed E-state index contributed by atoms with van der Waals surface area (Å²) >= 11 is 0. The molecule has 18 heavy (non-hydrogen) atoms. The standard InChI is InChI=1S/C11H20N2O4S/c1-8-4-6-11(7-5-8,10(14)15)13-18(16,17)12-9-2-3-9/h8-9,12-13H,2-7H2,1H3,(H,14,15). The Morgan fingerprint density at radius 3 is 2.22 bits per heavy atom. The van der Waals surface area contributed by atoms with Crippen molar-refractivity contribution in [3.8, 4) is 0 Å². The lowest BCUT2D eigenvalue weighted by molar-refractivity contribution is -0.145. The monoisotopic (exact) mass is 276 g/mol. The molecular weight excluding hydrogens is 256 g/mol. The quantitative estimate of drug-likeness (QED) is 0.685. The Hall–Kier alpha value is -0.660. The Morgan fingerprint density at radius 1 is 1.22 bits per heavy atom. The zero-order valence-corrected chi connectivity index (χ0v) is 11.3. The van der Waals surface area contributed by atoms with E-state index in [1.54, 1.807) is 0 Å². The molecule has 2 fully saturated rings. The lowest BCUT2D eigenvalue weighted by Gasteiger charge is -2.36. The third kappa shape index (κ3) is 3.21. The van der Waals surface area contributed by atoms with E-state index in [-0.39, 0.29) is 6.04 Å². The predicted octanol–water partition coefficient (Wildman–Crippen LogP) is 0.606.